The fourth-order valence-corrected chi connectivity index (χ4v) is 6.93. The molecule has 0 radical (unpaired) electrons. The van der Waals surface area contributed by atoms with Gasteiger partial charge in [-0.05, 0) is 86.1 Å². The van der Waals surface area contributed by atoms with Crippen LogP contribution in [0.2, 0.25) is 0 Å². The van der Waals surface area contributed by atoms with Gasteiger partial charge in [0.2, 0.25) is 0 Å². The van der Waals surface area contributed by atoms with E-state index in [0.29, 0.717) is 18.6 Å². The molecular weight excluding hydrogens is 354 g/mol. The summed E-state index contributed by atoms with van der Waals surface area (Å²) in [5, 5.41) is 15.7. The monoisotopic (exact) mass is 381 g/mol. The van der Waals surface area contributed by atoms with Crippen LogP contribution in [0.3, 0.4) is 0 Å². The third-order valence-corrected chi connectivity index (χ3v) is 8.40. The van der Waals surface area contributed by atoms with E-state index < -0.39 is 5.54 Å². The van der Waals surface area contributed by atoms with Gasteiger partial charge in [-0.3, -0.25) is 10.1 Å². The SMILES string of the molecule is O=C1NC(=O)C2(CCC34Cc5ccc(O)cc5C3(CCN(CC3CC3)C4)C2)N1. The summed E-state index contributed by atoms with van der Waals surface area (Å²) in [6.07, 6.45) is 6.98. The fraction of sp³-hybridized carbons (Fsp3) is 0.636. The van der Waals surface area contributed by atoms with E-state index in [1.807, 2.05) is 6.07 Å². The minimum atomic E-state index is -0.799. The lowest BCUT2D eigenvalue weighted by Crippen LogP contribution is -2.65. The standard InChI is InChI=1S/C22H27N3O3/c26-16-4-3-15-10-20-5-6-22(18(27)23-19(28)24-22)12-21(20,17(15)9-16)7-8-25(13-20)11-14-1-2-14/h3-4,9,14,26H,1-2,5-8,10-13H2,(H2,23,24,27,28). The van der Waals surface area contributed by atoms with Crippen molar-refractivity contribution >= 4 is 11.9 Å². The third-order valence-electron chi connectivity index (χ3n) is 8.40. The Morgan fingerprint density at radius 3 is 2.79 bits per heavy atom. The number of carbonyl (C=O) groups is 2. The first-order valence-corrected chi connectivity index (χ1v) is 10.6. The molecule has 28 heavy (non-hydrogen) atoms. The molecule has 2 heterocycles. The van der Waals surface area contributed by atoms with Gasteiger partial charge >= 0.3 is 6.03 Å². The van der Waals surface area contributed by atoms with Crippen LogP contribution in [0, 0.1) is 11.3 Å². The van der Waals surface area contributed by atoms with Crippen molar-refractivity contribution in [3.05, 3.63) is 29.3 Å². The van der Waals surface area contributed by atoms with Gasteiger partial charge in [-0.15, -0.1) is 0 Å². The normalized spacial score (nSPS) is 39.3. The highest BCUT2D eigenvalue weighted by Crippen LogP contribution is 2.65. The van der Waals surface area contributed by atoms with E-state index in [0.717, 1.165) is 38.3 Å². The average Bonchev–Trinajstić information content (AvgIpc) is 3.36. The number of nitrogens with one attached hydrogen (secondary N) is 2. The number of imide groups is 1. The van der Waals surface area contributed by atoms with Crippen molar-refractivity contribution in [2.24, 2.45) is 11.3 Å². The lowest BCUT2D eigenvalue weighted by molar-refractivity contribution is -0.130. The number of phenols is 1. The molecule has 1 aromatic carbocycles. The molecule has 2 saturated carbocycles. The Morgan fingerprint density at radius 2 is 2.04 bits per heavy atom. The number of likely N-dealkylation sites (tertiary alicyclic amines) is 1. The molecule has 0 bridgehead atoms. The van der Waals surface area contributed by atoms with E-state index in [4.69, 9.17) is 0 Å². The Balaban J connectivity index is 1.44. The molecule has 148 valence electrons. The summed E-state index contributed by atoms with van der Waals surface area (Å²) in [7, 11) is 0. The Labute approximate surface area is 164 Å². The van der Waals surface area contributed by atoms with Gasteiger partial charge in [0.05, 0.1) is 0 Å². The van der Waals surface area contributed by atoms with Crippen LogP contribution in [0.1, 0.15) is 49.7 Å². The average molecular weight is 381 g/mol. The zero-order valence-corrected chi connectivity index (χ0v) is 16.1. The van der Waals surface area contributed by atoms with Crippen molar-refractivity contribution in [2.75, 3.05) is 19.6 Å². The summed E-state index contributed by atoms with van der Waals surface area (Å²) >= 11 is 0. The molecule has 0 aromatic heterocycles. The Bertz CT molecular complexity index is 897. The zero-order valence-electron chi connectivity index (χ0n) is 16.1. The highest BCUT2D eigenvalue weighted by Gasteiger charge is 2.67. The zero-order chi connectivity index (χ0) is 19.1. The molecule has 3 amide bonds. The number of nitrogens with zero attached hydrogens (tertiary/aromatic N) is 1. The largest absolute Gasteiger partial charge is 0.508 e. The Morgan fingerprint density at radius 1 is 1.18 bits per heavy atom. The number of amides is 3. The number of carbonyl (C=O) groups excluding carboxylic acids is 2. The van der Waals surface area contributed by atoms with Crippen molar-refractivity contribution in [3.63, 3.8) is 0 Å². The predicted octanol–water partition coefficient (Wildman–Crippen LogP) is 2.05. The van der Waals surface area contributed by atoms with Gasteiger partial charge in [-0.1, -0.05) is 6.07 Å². The summed E-state index contributed by atoms with van der Waals surface area (Å²) in [6.45, 7) is 3.28. The van der Waals surface area contributed by atoms with Crippen LogP contribution in [0.15, 0.2) is 18.2 Å². The van der Waals surface area contributed by atoms with E-state index >= 15 is 0 Å². The van der Waals surface area contributed by atoms with Crippen LogP contribution < -0.4 is 10.6 Å². The minimum Gasteiger partial charge on any atom is -0.508 e. The molecule has 1 spiro atoms. The second-order valence-corrected chi connectivity index (χ2v) is 9.98. The smallest absolute Gasteiger partial charge is 0.322 e. The number of benzene rings is 1. The number of rotatable bonds is 2. The summed E-state index contributed by atoms with van der Waals surface area (Å²) < 4.78 is 0. The van der Waals surface area contributed by atoms with E-state index in [1.165, 1.54) is 30.5 Å². The van der Waals surface area contributed by atoms with Gasteiger partial charge in [0.15, 0.2) is 0 Å². The van der Waals surface area contributed by atoms with Crippen LogP contribution in [-0.4, -0.2) is 47.1 Å². The van der Waals surface area contributed by atoms with E-state index in [9.17, 15) is 14.7 Å². The first-order chi connectivity index (χ1) is 13.4. The minimum absolute atomic E-state index is 0.0924. The second-order valence-electron chi connectivity index (χ2n) is 9.98. The molecule has 5 aliphatic rings. The number of urea groups is 1. The maximum absolute atomic E-state index is 12.8. The molecule has 2 saturated heterocycles. The molecule has 4 fully saturated rings. The molecule has 6 heteroatoms. The quantitative estimate of drug-likeness (QED) is 0.685. The van der Waals surface area contributed by atoms with Crippen LogP contribution in [-0.2, 0) is 16.6 Å². The number of hydrogen-bond acceptors (Lipinski definition) is 4. The first-order valence-electron chi connectivity index (χ1n) is 10.6. The van der Waals surface area contributed by atoms with Gasteiger partial charge in [0, 0.05) is 18.5 Å². The number of hydrogen-bond donors (Lipinski definition) is 3. The van der Waals surface area contributed by atoms with Crippen molar-refractivity contribution in [3.8, 4) is 5.75 Å². The molecule has 2 aliphatic heterocycles. The topological polar surface area (TPSA) is 81.7 Å². The van der Waals surface area contributed by atoms with E-state index in [2.05, 4.69) is 21.6 Å². The fourth-order valence-electron chi connectivity index (χ4n) is 6.93. The van der Waals surface area contributed by atoms with Crippen LogP contribution >= 0.6 is 0 Å². The molecule has 6 nitrogen and oxygen atoms in total. The summed E-state index contributed by atoms with van der Waals surface area (Å²) in [4.78, 5) is 27.4. The van der Waals surface area contributed by atoms with Crippen LogP contribution in [0.5, 0.6) is 5.75 Å². The lowest BCUT2D eigenvalue weighted by atomic mass is 9.49. The lowest BCUT2D eigenvalue weighted by Gasteiger charge is -2.59. The predicted molar refractivity (Wildman–Crippen MR) is 103 cm³/mol. The Hall–Kier alpha value is -2.08. The maximum atomic E-state index is 12.8. The number of piperidine rings is 1. The molecular formula is C22H27N3O3. The molecule has 3 atom stereocenters. The Kier molecular flexibility index (Phi) is 3.18. The summed E-state index contributed by atoms with van der Waals surface area (Å²) in [6, 6.07) is 5.43. The maximum Gasteiger partial charge on any atom is 0.322 e. The first kappa shape index (κ1) is 16.8. The number of aromatic hydroxyl groups is 1. The molecule has 1 aromatic rings. The van der Waals surface area contributed by atoms with Gasteiger partial charge in [0.1, 0.15) is 11.3 Å². The van der Waals surface area contributed by atoms with Gasteiger partial charge in [0.25, 0.3) is 5.91 Å². The van der Waals surface area contributed by atoms with E-state index in [1.54, 1.807) is 6.07 Å². The molecule has 6 rings (SSSR count). The third kappa shape index (κ3) is 2.12. The van der Waals surface area contributed by atoms with Gasteiger partial charge in [-0.25, -0.2) is 4.79 Å². The van der Waals surface area contributed by atoms with Crippen molar-refractivity contribution in [1.29, 1.82) is 0 Å². The van der Waals surface area contributed by atoms with Crippen molar-refractivity contribution in [1.82, 2.24) is 15.5 Å². The molecule has 3 unspecified atom stereocenters. The number of phenolic OH excluding ortho intramolecular Hbond substituents is 1. The molecule has 3 aliphatic carbocycles. The van der Waals surface area contributed by atoms with Gasteiger partial charge < -0.3 is 15.3 Å². The number of fused-ring (bicyclic) bond motifs is 1. The highest BCUT2D eigenvalue weighted by atomic mass is 16.3. The van der Waals surface area contributed by atoms with Crippen LogP contribution in [0.4, 0.5) is 4.79 Å². The van der Waals surface area contributed by atoms with Crippen LogP contribution in [0.25, 0.3) is 0 Å². The molecule has 3 N–H and O–H groups in total. The summed E-state index contributed by atoms with van der Waals surface area (Å²) in [5.74, 6) is 0.991. The summed E-state index contributed by atoms with van der Waals surface area (Å²) in [5.41, 5.74) is 1.66. The van der Waals surface area contributed by atoms with E-state index in [-0.39, 0.29) is 22.8 Å². The highest BCUT2D eigenvalue weighted by molar-refractivity contribution is 6.07. The van der Waals surface area contributed by atoms with Crippen molar-refractivity contribution < 1.29 is 14.7 Å². The second kappa shape index (κ2) is 5.29. The van der Waals surface area contributed by atoms with Gasteiger partial charge in [-0.2, -0.15) is 0 Å². The van der Waals surface area contributed by atoms with Crippen molar-refractivity contribution in [2.45, 2.75) is 55.9 Å².